The maximum atomic E-state index is 14.4. The molecule has 0 unspecified atom stereocenters. The molecular formula is C22H21F2N3OS. The molecule has 1 N–H and O–H groups in total. The average molecular weight is 413 g/mol. The summed E-state index contributed by atoms with van der Waals surface area (Å²) in [5.74, 6) is 0.855. The van der Waals surface area contributed by atoms with Crippen LogP contribution in [0, 0.1) is 11.6 Å². The van der Waals surface area contributed by atoms with E-state index in [2.05, 4.69) is 27.9 Å². The van der Waals surface area contributed by atoms with E-state index in [1.165, 1.54) is 6.07 Å². The van der Waals surface area contributed by atoms with Crippen LogP contribution in [0.15, 0.2) is 42.6 Å². The number of fused-ring (bicyclic) bond motifs is 7. The van der Waals surface area contributed by atoms with Gasteiger partial charge in [0.15, 0.2) is 5.82 Å². The van der Waals surface area contributed by atoms with Crippen molar-refractivity contribution in [2.75, 3.05) is 17.7 Å². The van der Waals surface area contributed by atoms with Crippen molar-refractivity contribution in [2.24, 2.45) is 0 Å². The number of anilines is 2. The second-order valence-electron chi connectivity index (χ2n) is 6.97. The minimum Gasteiger partial charge on any atom is -0.494 e. The summed E-state index contributed by atoms with van der Waals surface area (Å²) in [6.45, 7) is 0.532. The summed E-state index contributed by atoms with van der Waals surface area (Å²) in [7, 11) is 0. The Morgan fingerprint density at radius 2 is 1.97 bits per heavy atom. The van der Waals surface area contributed by atoms with Gasteiger partial charge in [0.25, 0.3) is 0 Å². The standard InChI is InChI=1S/C22H21F2N3OS/c23-19-5-4-16-11-15(19)3-1-2-7-28-18-10-14(6-8-29)9-17(12-18)26-22-25-13-20(24)21(16)27-22/h4-5,9-13,29H,1-3,6-8H2,(H,25,26,27). The summed E-state index contributed by atoms with van der Waals surface area (Å²) in [4.78, 5) is 8.40. The van der Waals surface area contributed by atoms with Gasteiger partial charge in [-0.2, -0.15) is 12.6 Å². The lowest BCUT2D eigenvalue weighted by Gasteiger charge is -2.12. The molecule has 1 aliphatic heterocycles. The molecule has 0 atom stereocenters. The molecule has 6 bridgehead atoms. The van der Waals surface area contributed by atoms with Crippen LogP contribution in [0.4, 0.5) is 20.4 Å². The molecule has 29 heavy (non-hydrogen) atoms. The molecule has 2 heterocycles. The molecule has 0 saturated heterocycles. The minimum atomic E-state index is -0.551. The molecule has 3 aromatic rings. The normalized spacial score (nSPS) is 13.6. The Bertz CT molecular complexity index is 1030. The van der Waals surface area contributed by atoms with Gasteiger partial charge in [-0.25, -0.2) is 18.7 Å². The monoisotopic (exact) mass is 413 g/mol. The third-order valence-corrected chi connectivity index (χ3v) is 5.02. The van der Waals surface area contributed by atoms with Crippen LogP contribution in [0.3, 0.4) is 0 Å². The zero-order valence-corrected chi connectivity index (χ0v) is 16.7. The Morgan fingerprint density at radius 3 is 2.83 bits per heavy atom. The Labute approximate surface area is 173 Å². The second-order valence-corrected chi connectivity index (χ2v) is 7.41. The van der Waals surface area contributed by atoms with Crippen LogP contribution in [0.25, 0.3) is 11.3 Å². The van der Waals surface area contributed by atoms with Gasteiger partial charge in [0.05, 0.1) is 12.8 Å². The van der Waals surface area contributed by atoms with Gasteiger partial charge in [-0.1, -0.05) is 0 Å². The highest BCUT2D eigenvalue weighted by Crippen LogP contribution is 2.28. The van der Waals surface area contributed by atoms with E-state index in [1.54, 1.807) is 12.1 Å². The summed E-state index contributed by atoms with van der Waals surface area (Å²) in [5, 5.41) is 3.13. The van der Waals surface area contributed by atoms with Crippen molar-refractivity contribution in [1.29, 1.82) is 0 Å². The van der Waals surface area contributed by atoms with Crippen LogP contribution in [0.2, 0.25) is 0 Å². The molecule has 1 aliphatic rings. The molecule has 0 fully saturated rings. The number of benzene rings is 2. The van der Waals surface area contributed by atoms with Crippen LogP contribution in [0.5, 0.6) is 5.75 Å². The molecule has 0 amide bonds. The second kappa shape index (κ2) is 8.78. The zero-order valence-electron chi connectivity index (χ0n) is 15.8. The van der Waals surface area contributed by atoms with E-state index in [0.717, 1.165) is 42.5 Å². The van der Waals surface area contributed by atoms with Crippen LogP contribution < -0.4 is 10.1 Å². The van der Waals surface area contributed by atoms with Gasteiger partial charge in [0, 0.05) is 17.3 Å². The number of halogens is 2. The first kappa shape index (κ1) is 19.6. The summed E-state index contributed by atoms with van der Waals surface area (Å²) < 4.78 is 34.6. The quantitative estimate of drug-likeness (QED) is 0.556. The van der Waals surface area contributed by atoms with Crippen molar-refractivity contribution in [3.8, 4) is 17.0 Å². The third kappa shape index (κ3) is 4.67. The number of thiol groups is 1. The Morgan fingerprint density at radius 1 is 1.07 bits per heavy atom. The molecule has 0 saturated carbocycles. The van der Waals surface area contributed by atoms with Crippen LogP contribution >= 0.6 is 12.6 Å². The molecule has 0 aliphatic carbocycles. The first-order chi connectivity index (χ1) is 14.1. The number of nitrogens with one attached hydrogen (secondary N) is 1. The molecule has 7 heteroatoms. The summed E-state index contributed by atoms with van der Waals surface area (Å²) >= 11 is 4.31. The lowest BCUT2D eigenvalue weighted by Crippen LogP contribution is -2.02. The van der Waals surface area contributed by atoms with E-state index in [-0.39, 0.29) is 17.5 Å². The molecular weight excluding hydrogens is 392 g/mol. The van der Waals surface area contributed by atoms with Crippen molar-refractivity contribution >= 4 is 24.3 Å². The maximum Gasteiger partial charge on any atom is 0.227 e. The highest BCUT2D eigenvalue weighted by molar-refractivity contribution is 7.80. The predicted molar refractivity (Wildman–Crippen MR) is 113 cm³/mol. The lowest BCUT2D eigenvalue weighted by molar-refractivity contribution is 0.306. The van der Waals surface area contributed by atoms with Crippen molar-refractivity contribution in [3.63, 3.8) is 0 Å². The number of hydrogen-bond acceptors (Lipinski definition) is 5. The van der Waals surface area contributed by atoms with Crippen molar-refractivity contribution in [2.45, 2.75) is 25.7 Å². The maximum absolute atomic E-state index is 14.4. The predicted octanol–water partition coefficient (Wildman–Crippen LogP) is 5.35. The zero-order chi connectivity index (χ0) is 20.2. The summed E-state index contributed by atoms with van der Waals surface area (Å²) in [6.07, 6.45) is 4.01. The van der Waals surface area contributed by atoms with Crippen molar-refractivity contribution < 1.29 is 13.5 Å². The first-order valence-electron chi connectivity index (χ1n) is 9.58. The fraction of sp³-hybridized carbons (Fsp3) is 0.273. The number of aryl methyl sites for hydroxylation is 2. The van der Waals surface area contributed by atoms with Gasteiger partial charge in [-0.05, 0) is 72.9 Å². The number of ether oxygens (including phenoxy) is 1. The van der Waals surface area contributed by atoms with Gasteiger partial charge in [0.2, 0.25) is 5.95 Å². The Kier molecular flexibility index (Phi) is 5.94. The van der Waals surface area contributed by atoms with Crippen molar-refractivity contribution in [3.05, 3.63) is 65.4 Å². The van der Waals surface area contributed by atoms with Gasteiger partial charge in [-0.3, -0.25) is 0 Å². The van der Waals surface area contributed by atoms with Crippen LogP contribution in [0.1, 0.15) is 24.0 Å². The SMILES string of the molecule is Fc1ccc2cc1CCCCOc1cc(CCS)cc(c1)Nc1ncc(F)c-2n1. The molecule has 0 radical (unpaired) electrons. The molecule has 4 rings (SSSR count). The van der Waals surface area contributed by atoms with E-state index >= 15 is 0 Å². The number of nitrogens with zero attached hydrogens (tertiary/aromatic N) is 2. The smallest absolute Gasteiger partial charge is 0.227 e. The first-order valence-corrected chi connectivity index (χ1v) is 10.2. The molecule has 2 aromatic carbocycles. The molecule has 0 spiro atoms. The highest BCUT2D eigenvalue weighted by Gasteiger charge is 2.14. The number of rotatable bonds is 2. The fourth-order valence-corrected chi connectivity index (χ4v) is 3.63. The number of hydrogen-bond donors (Lipinski definition) is 2. The molecule has 4 nitrogen and oxygen atoms in total. The topological polar surface area (TPSA) is 47.0 Å². The largest absolute Gasteiger partial charge is 0.494 e. The Balaban J connectivity index is 1.78. The summed E-state index contributed by atoms with van der Waals surface area (Å²) in [5.41, 5.74) is 3.04. The number of aromatic nitrogens is 2. The Hall–Kier alpha value is -2.67. The van der Waals surface area contributed by atoms with E-state index in [1.807, 2.05) is 18.2 Å². The van der Waals surface area contributed by atoms with Crippen LogP contribution in [-0.4, -0.2) is 22.3 Å². The van der Waals surface area contributed by atoms with Gasteiger partial charge in [-0.15, -0.1) is 0 Å². The van der Waals surface area contributed by atoms with Gasteiger partial charge in [0.1, 0.15) is 17.3 Å². The van der Waals surface area contributed by atoms with E-state index in [0.29, 0.717) is 29.9 Å². The summed E-state index contributed by atoms with van der Waals surface area (Å²) in [6, 6.07) is 10.4. The molecule has 1 aromatic heterocycles. The van der Waals surface area contributed by atoms with E-state index in [9.17, 15) is 8.78 Å². The highest BCUT2D eigenvalue weighted by atomic mass is 32.1. The van der Waals surface area contributed by atoms with Gasteiger partial charge < -0.3 is 10.1 Å². The minimum absolute atomic E-state index is 0.140. The fourth-order valence-electron chi connectivity index (χ4n) is 3.37. The lowest BCUT2D eigenvalue weighted by atomic mass is 10.0. The van der Waals surface area contributed by atoms with Crippen molar-refractivity contribution in [1.82, 2.24) is 9.97 Å². The van der Waals surface area contributed by atoms with Gasteiger partial charge >= 0.3 is 0 Å². The molecule has 150 valence electrons. The van der Waals surface area contributed by atoms with E-state index < -0.39 is 5.82 Å². The third-order valence-electron chi connectivity index (χ3n) is 4.80. The average Bonchev–Trinajstić information content (AvgIpc) is 2.70. The van der Waals surface area contributed by atoms with E-state index in [4.69, 9.17) is 4.74 Å². The van der Waals surface area contributed by atoms with Crippen LogP contribution in [-0.2, 0) is 12.8 Å².